The second-order valence-electron chi connectivity index (χ2n) is 4.85. The van der Waals surface area contributed by atoms with Crippen molar-refractivity contribution in [1.29, 1.82) is 5.26 Å². The summed E-state index contributed by atoms with van der Waals surface area (Å²) in [6.45, 7) is 5.53. The fourth-order valence-electron chi connectivity index (χ4n) is 1.90. The zero-order valence-electron chi connectivity index (χ0n) is 12.8. The Hall–Kier alpha value is -3.04. The summed E-state index contributed by atoms with van der Waals surface area (Å²) >= 11 is 1.02. The number of carboxylic acids is 1. The molecule has 0 atom stereocenters. The molecule has 24 heavy (non-hydrogen) atoms. The number of carbonyl (C=O) groups is 1. The summed E-state index contributed by atoms with van der Waals surface area (Å²) in [6.07, 6.45) is 4.62. The molecule has 1 N–H and O–H groups in total. The normalized spacial score (nSPS) is 11.9. The fourth-order valence-corrected chi connectivity index (χ4v) is 2.61. The van der Waals surface area contributed by atoms with Crippen LogP contribution in [0.5, 0.6) is 0 Å². The van der Waals surface area contributed by atoms with Gasteiger partial charge in [0.2, 0.25) is 0 Å². The van der Waals surface area contributed by atoms with Gasteiger partial charge in [0.1, 0.15) is 15.7 Å². The molecule has 4 nitrogen and oxygen atoms in total. The third-order valence-electron chi connectivity index (χ3n) is 3.17. The zero-order chi connectivity index (χ0) is 17.7. The van der Waals surface area contributed by atoms with Gasteiger partial charge in [-0.1, -0.05) is 30.9 Å². The first-order valence-corrected chi connectivity index (χ1v) is 7.67. The van der Waals surface area contributed by atoms with Crippen LogP contribution >= 0.6 is 11.3 Å². The predicted octanol–water partition coefficient (Wildman–Crippen LogP) is 4.55. The van der Waals surface area contributed by atoms with Crippen LogP contribution in [0.15, 0.2) is 54.8 Å². The number of halogens is 1. The van der Waals surface area contributed by atoms with Crippen molar-refractivity contribution in [2.75, 3.05) is 0 Å². The number of thiazole rings is 1. The molecule has 0 fully saturated rings. The molecule has 120 valence electrons. The number of aromatic nitrogens is 1. The van der Waals surface area contributed by atoms with Gasteiger partial charge in [-0.25, -0.2) is 14.2 Å². The smallest absolute Gasteiger partial charge is 0.347 e. The van der Waals surface area contributed by atoms with E-state index >= 15 is 0 Å². The summed E-state index contributed by atoms with van der Waals surface area (Å²) in [6, 6.07) is 7.89. The molecule has 0 aliphatic heterocycles. The van der Waals surface area contributed by atoms with Crippen molar-refractivity contribution < 1.29 is 14.3 Å². The van der Waals surface area contributed by atoms with Crippen LogP contribution in [0.4, 0.5) is 4.39 Å². The maximum atomic E-state index is 13.1. The highest BCUT2D eigenvalue weighted by Gasteiger charge is 2.10. The second-order valence-corrected chi connectivity index (χ2v) is 5.88. The first kappa shape index (κ1) is 17.3. The van der Waals surface area contributed by atoms with E-state index in [1.165, 1.54) is 18.3 Å². The Bertz CT molecular complexity index is 886. The van der Waals surface area contributed by atoms with Crippen LogP contribution in [-0.2, 0) is 0 Å². The lowest BCUT2D eigenvalue weighted by molar-refractivity contribution is 0.0702. The van der Waals surface area contributed by atoms with E-state index in [0.717, 1.165) is 11.3 Å². The summed E-state index contributed by atoms with van der Waals surface area (Å²) in [4.78, 5) is 15.0. The average Bonchev–Trinajstić information content (AvgIpc) is 3.06. The largest absolute Gasteiger partial charge is 0.477 e. The van der Waals surface area contributed by atoms with Crippen molar-refractivity contribution in [2.45, 2.75) is 6.92 Å². The maximum absolute atomic E-state index is 13.1. The van der Waals surface area contributed by atoms with Crippen molar-refractivity contribution >= 4 is 28.5 Å². The molecule has 0 unspecified atom stereocenters. The molecule has 6 heteroatoms. The van der Waals surface area contributed by atoms with Gasteiger partial charge in [-0.2, -0.15) is 5.26 Å². The van der Waals surface area contributed by atoms with Crippen LogP contribution in [0.3, 0.4) is 0 Å². The quantitative estimate of drug-likeness (QED) is 0.640. The van der Waals surface area contributed by atoms with Gasteiger partial charge in [-0.15, -0.1) is 11.3 Å². The number of allylic oxidation sites excluding steroid dienone is 5. The molecule has 0 spiro atoms. The molecule has 0 aliphatic rings. The molecule has 0 radical (unpaired) electrons. The van der Waals surface area contributed by atoms with E-state index in [9.17, 15) is 9.18 Å². The molecular formula is C18H13FN2O2S. The molecule has 1 heterocycles. The molecule has 1 aromatic carbocycles. The second kappa shape index (κ2) is 7.49. The predicted molar refractivity (Wildman–Crippen MR) is 91.9 cm³/mol. The standard InChI is InChI=1S/C18H13FN2O2S/c1-11(17-21-10-16(24-17)18(22)23)3-8-15(12(2)9-20)13-4-6-14(19)7-5-13/h3-8,10H,1H2,2H3,(H,22,23)/b8-3-,15-12-. The Kier molecular flexibility index (Phi) is 5.40. The molecular weight excluding hydrogens is 327 g/mol. The lowest BCUT2D eigenvalue weighted by Gasteiger charge is -2.04. The number of aromatic carboxylic acids is 1. The van der Waals surface area contributed by atoms with Gasteiger partial charge < -0.3 is 5.11 Å². The van der Waals surface area contributed by atoms with E-state index in [4.69, 9.17) is 10.4 Å². The number of nitriles is 1. The van der Waals surface area contributed by atoms with Crippen molar-refractivity contribution in [3.05, 3.63) is 76.0 Å². The fraction of sp³-hybridized carbons (Fsp3) is 0.0556. The van der Waals surface area contributed by atoms with Crippen molar-refractivity contribution in [1.82, 2.24) is 4.98 Å². The van der Waals surface area contributed by atoms with Gasteiger partial charge >= 0.3 is 5.97 Å². The van der Waals surface area contributed by atoms with Gasteiger partial charge in [0, 0.05) is 11.1 Å². The van der Waals surface area contributed by atoms with E-state index in [0.29, 0.717) is 27.3 Å². The van der Waals surface area contributed by atoms with E-state index in [2.05, 4.69) is 17.6 Å². The Morgan fingerprint density at radius 2 is 2.04 bits per heavy atom. The van der Waals surface area contributed by atoms with Crippen LogP contribution in [0.1, 0.15) is 27.2 Å². The van der Waals surface area contributed by atoms with Crippen molar-refractivity contribution in [3.8, 4) is 6.07 Å². The van der Waals surface area contributed by atoms with Crippen molar-refractivity contribution in [3.63, 3.8) is 0 Å². The van der Waals surface area contributed by atoms with Gasteiger partial charge in [0.15, 0.2) is 0 Å². The van der Waals surface area contributed by atoms with Crippen LogP contribution < -0.4 is 0 Å². The lowest BCUT2D eigenvalue weighted by Crippen LogP contribution is -1.89. The highest BCUT2D eigenvalue weighted by atomic mass is 32.1. The molecule has 1 aromatic heterocycles. The topological polar surface area (TPSA) is 74.0 Å². The molecule has 0 saturated heterocycles. The summed E-state index contributed by atoms with van der Waals surface area (Å²) in [5.41, 5.74) is 2.33. The van der Waals surface area contributed by atoms with Gasteiger partial charge in [0.25, 0.3) is 0 Å². The third kappa shape index (κ3) is 4.03. The highest BCUT2D eigenvalue weighted by molar-refractivity contribution is 7.14. The Labute approximate surface area is 142 Å². The van der Waals surface area contributed by atoms with Crippen LogP contribution in [0.25, 0.3) is 11.1 Å². The Morgan fingerprint density at radius 3 is 2.58 bits per heavy atom. The molecule has 0 aliphatic carbocycles. The average molecular weight is 340 g/mol. The van der Waals surface area contributed by atoms with E-state index in [1.54, 1.807) is 31.2 Å². The molecule has 0 saturated carbocycles. The first-order chi connectivity index (χ1) is 11.4. The molecule has 2 aromatic rings. The number of nitrogens with zero attached hydrogens (tertiary/aromatic N) is 2. The Morgan fingerprint density at radius 1 is 1.38 bits per heavy atom. The van der Waals surface area contributed by atoms with Crippen LogP contribution in [0.2, 0.25) is 0 Å². The summed E-state index contributed by atoms with van der Waals surface area (Å²) in [7, 11) is 0. The summed E-state index contributed by atoms with van der Waals surface area (Å²) in [5, 5.41) is 18.6. The lowest BCUT2D eigenvalue weighted by atomic mass is 10.00. The molecule has 0 amide bonds. The number of carboxylic acid groups (broad SMARTS) is 1. The van der Waals surface area contributed by atoms with E-state index < -0.39 is 5.97 Å². The number of hydrogen-bond donors (Lipinski definition) is 1. The van der Waals surface area contributed by atoms with Gasteiger partial charge in [0.05, 0.1) is 12.3 Å². The Balaban J connectivity index is 2.31. The van der Waals surface area contributed by atoms with Crippen molar-refractivity contribution in [2.24, 2.45) is 0 Å². The number of rotatable bonds is 5. The molecule has 0 bridgehead atoms. The zero-order valence-corrected chi connectivity index (χ0v) is 13.6. The highest BCUT2D eigenvalue weighted by Crippen LogP contribution is 2.25. The van der Waals surface area contributed by atoms with E-state index in [1.807, 2.05) is 0 Å². The minimum atomic E-state index is -1.04. The maximum Gasteiger partial charge on any atom is 0.347 e. The third-order valence-corrected chi connectivity index (χ3v) is 4.23. The SMILES string of the molecule is C=C(/C=C\C(=C(/C)C#N)c1ccc(F)cc1)c1ncc(C(=O)O)s1. The minimum Gasteiger partial charge on any atom is -0.477 e. The van der Waals surface area contributed by atoms with Crippen LogP contribution in [0, 0.1) is 17.1 Å². The number of hydrogen-bond acceptors (Lipinski definition) is 4. The van der Waals surface area contributed by atoms with E-state index in [-0.39, 0.29) is 10.7 Å². The number of benzene rings is 1. The monoisotopic (exact) mass is 340 g/mol. The summed E-state index contributed by atoms with van der Waals surface area (Å²) in [5.74, 6) is -1.40. The first-order valence-electron chi connectivity index (χ1n) is 6.85. The van der Waals surface area contributed by atoms with Crippen LogP contribution in [-0.4, -0.2) is 16.1 Å². The minimum absolute atomic E-state index is 0.127. The van der Waals surface area contributed by atoms with Gasteiger partial charge in [-0.05, 0) is 30.2 Å². The molecule has 2 rings (SSSR count). The van der Waals surface area contributed by atoms with Gasteiger partial charge in [-0.3, -0.25) is 0 Å². The summed E-state index contributed by atoms with van der Waals surface area (Å²) < 4.78 is 13.1.